The normalized spacial score (nSPS) is 11.1. The summed E-state index contributed by atoms with van der Waals surface area (Å²) in [5, 5.41) is 11.8. The van der Waals surface area contributed by atoms with Gasteiger partial charge in [-0.3, -0.25) is 0 Å². The van der Waals surface area contributed by atoms with Crippen LogP contribution in [0.5, 0.6) is 5.75 Å². The van der Waals surface area contributed by atoms with Gasteiger partial charge in [0.15, 0.2) is 11.6 Å². The molecule has 0 aliphatic carbocycles. The van der Waals surface area contributed by atoms with E-state index >= 15 is 0 Å². The molecule has 0 aliphatic rings. The van der Waals surface area contributed by atoms with Gasteiger partial charge in [-0.2, -0.15) is 5.26 Å². The van der Waals surface area contributed by atoms with Crippen molar-refractivity contribution in [2.24, 2.45) is 5.41 Å². The molecule has 1 aromatic carbocycles. The van der Waals surface area contributed by atoms with Crippen molar-refractivity contribution in [2.75, 3.05) is 13.7 Å². The second kappa shape index (κ2) is 7.10. The zero-order chi connectivity index (χ0) is 14.3. The first-order chi connectivity index (χ1) is 8.98. The third-order valence-corrected chi connectivity index (χ3v) is 2.88. The van der Waals surface area contributed by atoms with Crippen LogP contribution in [0.25, 0.3) is 0 Å². The number of rotatable bonds is 7. The van der Waals surface area contributed by atoms with Crippen LogP contribution in [0.15, 0.2) is 18.2 Å². The highest BCUT2D eigenvalue weighted by molar-refractivity contribution is 5.29. The Morgan fingerprint density at radius 2 is 2.16 bits per heavy atom. The molecule has 0 saturated carbocycles. The minimum absolute atomic E-state index is 0.273. The Morgan fingerprint density at radius 1 is 1.42 bits per heavy atom. The molecule has 0 spiro atoms. The standard InChI is InChI=1S/C15H21FN2O/c1-15(2,11-17)7-4-8-19-14-6-5-12(10-18-3)9-13(14)16/h5-6,9,18H,4,7-8,10H2,1-3H3. The Balaban J connectivity index is 2.44. The van der Waals surface area contributed by atoms with E-state index in [1.54, 1.807) is 6.07 Å². The predicted molar refractivity (Wildman–Crippen MR) is 73.3 cm³/mol. The van der Waals surface area contributed by atoms with E-state index in [4.69, 9.17) is 10.00 Å². The zero-order valence-electron chi connectivity index (χ0n) is 11.8. The van der Waals surface area contributed by atoms with Crippen LogP contribution >= 0.6 is 0 Å². The summed E-state index contributed by atoms with van der Waals surface area (Å²) >= 11 is 0. The van der Waals surface area contributed by atoms with Gasteiger partial charge in [-0.15, -0.1) is 0 Å². The molecular weight excluding hydrogens is 243 g/mol. The number of nitrogens with one attached hydrogen (secondary N) is 1. The Labute approximate surface area is 114 Å². The van der Waals surface area contributed by atoms with Crippen LogP contribution in [0.2, 0.25) is 0 Å². The molecule has 1 rings (SSSR count). The maximum absolute atomic E-state index is 13.7. The lowest BCUT2D eigenvalue weighted by Gasteiger charge is -2.15. The van der Waals surface area contributed by atoms with Crippen molar-refractivity contribution in [3.05, 3.63) is 29.6 Å². The van der Waals surface area contributed by atoms with Crippen molar-refractivity contribution in [2.45, 2.75) is 33.2 Å². The number of benzene rings is 1. The molecule has 0 aliphatic heterocycles. The van der Waals surface area contributed by atoms with Crippen LogP contribution < -0.4 is 10.1 Å². The minimum Gasteiger partial charge on any atom is -0.491 e. The largest absolute Gasteiger partial charge is 0.491 e. The van der Waals surface area contributed by atoms with Crippen molar-refractivity contribution >= 4 is 0 Å². The average molecular weight is 264 g/mol. The Morgan fingerprint density at radius 3 is 2.74 bits per heavy atom. The van der Waals surface area contributed by atoms with Gasteiger partial charge in [0, 0.05) is 6.54 Å². The van der Waals surface area contributed by atoms with Gasteiger partial charge in [0.2, 0.25) is 0 Å². The molecule has 0 radical (unpaired) electrons. The Bertz CT molecular complexity index is 452. The van der Waals surface area contributed by atoms with Crippen molar-refractivity contribution in [3.63, 3.8) is 0 Å². The summed E-state index contributed by atoms with van der Waals surface area (Å²) in [6.45, 7) is 4.83. The molecule has 0 aromatic heterocycles. The van der Waals surface area contributed by atoms with E-state index < -0.39 is 0 Å². The van der Waals surface area contributed by atoms with Crippen LogP contribution in [0.4, 0.5) is 4.39 Å². The molecule has 1 aromatic rings. The maximum Gasteiger partial charge on any atom is 0.165 e. The molecule has 1 N–H and O–H groups in total. The van der Waals surface area contributed by atoms with E-state index in [1.165, 1.54) is 6.07 Å². The summed E-state index contributed by atoms with van der Waals surface area (Å²) in [6, 6.07) is 7.21. The summed E-state index contributed by atoms with van der Waals surface area (Å²) < 4.78 is 19.1. The van der Waals surface area contributed by atoms with Crippen molar-refractivity contribution in [1.29, 1.82) is 5.26 Å². The summed E-state index contributed by atoms with van der Waals surface area (Å²) in [4.78, 5) is 0. The molecule has 3 nitrogen and oxygen atoms in total. The fourth-order valence-electron chi connectivity index (χ4n) is 1.73. The summed E-state index contributed by atoms with van der Waals surface area (Å²) in [7, 11) is 1.82. The maximum atomic E-state index is 13.7. The second-order valence-electron chi connectivity index (χ2n) is 5.24. The van der Waals surface area contributed by atoms with E-state index in [-0.39, 0.29) is 17.0 Å². The quantitative estimate of drug-likeness (QED) is 0.769. The third-order valence-electron chi connectivity index (χ3n) is 2.88. The first-order valence-corrected chi connectivity index (χ1v) is 6.45. The Kier molecular flexibility index (Phi) is 5.78. The highest BCUT2D eigenvalue weighted by atomic mass is 19.1. The lowest BCUT2D eigenvalue weighted by Crippen LogP contribution is -2.10. The Hall–Kier alpha value is -1.60. The summed E-state index contributed by atoms with van der Waals surface area (Å²) in [6.07, 6.45) is 1.47. The number of hydrogen-bond donors (Lipinski definition) is 1. The molecular formula is C15H21FN2O. The lowest BCUT2D eigenvalue weighted by molar-refractivity contribution is 0.273. The number of nitriles is 1. The minimum atomic E-state index is -0.349. The van der Waals surface area contributed by atoms with Crippen molar-refractivity contribution in [3.8, 4) is 11.8 Å². The average Bonchev–Trinajstić information content (AvgIpc) is 2.37. The monoisotopic (exact) mass is 264 g/mol. The lowest BCUT2D eigenvalue weighted by atomic mass is 9.90. The van der Waals surface area contributed by atoms with Crippen LogP contribution in [-0.2, 0) is 6.54 Å². The molecule has 4 heteroatoms. The van der Waals surface area contributed by atoms with Crippen molar-refractivity contribution < 1.29 is 9.13 Å². The molecule has 0 heterocycles. The van der Waals surface area contributed by atoms with Gasteiger partial charge in [-0.05, 0) is 51.4 Å². The molecule has 0 unspecified atom stereocenters. The predicted octanol–water partition coefficient (Wildman–Crippen LogP) is 3.25. The first-order valence-electron chi connectivity index (χ1n) is 6.45. The van der Waals surface area contributed by atoms with Gasteiger partial charge in [0.25, 0.3) is 0 Å². The van der Waals surface area contributed by atoms with Gasteiger partial charge >= 0.3 is 0 Å². The van der Waals surface area contributed by atoms with Gasteiger partial charge in [-0.25, -0.2) is 4.39 Å². The number of hydrogen-bond acceptors (Lipinski definition) is 3. The molecule has 0 bridgehead atoms. The van der Waals surface area contributed by atoms with Gasteiger partial charge < -0.3 is 10.1 Å². The van der Waals surface area contributed by atoms with E-state index in [9.17, 15) is 4.39 Å². The molecule has 0 saturated heterocycles. The van der Waals surface area contributed by atoms with Gasteiger partial charge in [-0.1, -0.05) is 6.07 Å². The van der Waals surface area contributed by atoms with Crippen molar-refractivity contribution in [1.82, 2.24) is 5.32 Å². The molecule has 19 heavy (non-hydrogen) atoms. The van der Waals surface area contributed by atoms with Gasteiger partial charge in [0.05, 0.1) is 18.1 Å². The van der Waals surface area contributed by atoms with Crippen LogP contribution in [0.1, 0.15) is 32.3 Å². The highest BCUT2D eigenvalue weighted by Crippen LogP contribution is 2.22. The fourth-order valence-corrected chi connectivity index (χ4v) is 1.73. The SMILES string of the molecule is CNCc1ccc(OCCCC(C)(C)C#N)c(F)c1. The van der Waals surface area contributed by atoms with E-state index in [1.807, 2.05) is 27.0 Å². The number of halogens is 1. The van der Waals surface area contributed by atoms with Crippen LogP contribution in [0, 0.1) is 22.6 Å². The smallest absolute Gasteiger partial charge is 0.165 e. The zero-order valence-corrected chi connectivity index (χ0v) is 11.8. The van der Waals surface area contributed by atoms with E-state index in [0.29, 0.717) is 13.2 Å². The molecule has 0 amide bonds. The van der Waals surface area contributed by atoms with E-state index in [0.717, 1.165) is 18.4 Å². The van der Waals surface area contributed by atoms with Crippen LogP contribution in [-0.4, -0.2) is 13.7 Å². The fraction of sp³-hybridized carbons (Fsp3) is 0.533. The highest BCUT2D eigenvalue weighted by Gasteiger charge is 2.15. The van der Waals surface area contributed by atoms with Crippen LogP contribution in [0.3, 0.4) is 0 Å². The first kappa shape index (κ1) is 15.5. The molecule has 0 fully saturated rings. The topological polar surface area (TPSA) is 45.0 Å². The summed E-state index contributed by atoms with van der Waals surface area (Å²) in [5.74, 6) is -0.0677. The molecule has 0 atom stereocenters. The number of nitrogens with zero attached hydrogens (tertiary/aromatic N) is 1. The molecule has 104 valence electrons. The van der Waals surface area contributed by atoms with E-state index in [2.05, 4.69) is 11.4 Å². The summed E-state index contributed by atoms with van der Waals surface area (Å²) in [5.41, 5.74) is 0.538. The second-order valence-corrected chi connectivity index (χ2v) is 5.24. The number of ether oxygens (including phenoxy) is 1. The third kappa shape index (κ3) is 5.27. The van der Waals surface area contributed by atoms with Gasteiger partial charge in [0.1, 0.15) is 0 Å².